The van der Waals surface area contributed by atoms with Crippen molar-refractivity contribution in [2.24, 2.45) is 0 Å². The van der Waals surface area contributed by atoms with Gasteiger partial charge in [-0.25, -0.2) is 13.8 Å². The second-order valence-corrected chi connectivity index (χ2v) is 9.51. The molecule has 4 nitrogen and oxygen atoms in total. The molecular weight excluding hydrogens is 475 g/mol. The highest BCUT2D eigenvalue weighted by Gasteiger charge is 2.46. The Hall–Kier alpha value is -3.16. The zero-order chi connectivity index (χ0) is 24.6. The summed E-state index contributed by atoms with van der Waals surface area (Å²) >= 11 is 6.33. The maximum Gasteiger partial charge on any atom is 0.258 e. The number of nitrogens with zero attached hydrogens (tertiary/aromatic N) is 3. The van der Waals surface area contributed by atoms with Gasteiger partial charge in [0.25, 0.3) is 5.91 Å². The van der Waals surface area contributed by atoms with Crippen molar-refractivity contribution in [2.45, 2.75) is 18.3 Å². The van der Waals surface area contributed by atoms with Crippen molar-refractivity contribution in [2.75, 3.05) is 31.1 Å². The Morgan fingerprint density at radius 3 is 2.60 bits per heavy atom. The summed E-state index contributed by atoms with van der Waals surface area (Å²) < 4.78 is 40.6. The van der Waals surface area contributed by atoms with Gasteiger partial charge in [-0.3, -0.25) is 9.69 Å². The van der Waals surface area contributed by atoms with E-state index in [-0.39, 0.29) is 16.9 Å². The third-order valence-electron chi connectivity index (χ3n) is 6.94. The molecule has 2 aliphatic heterocycles. The number of anilines is 1. The number of pyridine rings is 1. The smallest absolute Gasteiger partial charge is 0.258 e. The summed E-state index contributed by atoms with van der Waals surface area (Å²) in [6.45, 7) is 2.70. The summed E-state index contributed by atoms with van der Waals surface area (Å²) in [5.41, 5.74) is 2.20. The van der Waals surface area contributed by atoms with Crippen LogP contribution in [0.5, 0.6) is 0 Å². The van der Waals surface area contributed by atoms with Gasteiger partial charge in [-0.15, -0.1) is 0 Å². The lowest BCUT2D eigenvalue weighted by Crippen LogP contribution is -2.46. The SMILES string of the molecule is O=C(c1ccnc(F)c1)N1CC2(CCN(CC=Cc3ccc(F)cc3F)CC2)c2cc(Cl)ccc21. The lowest BCUT2D eigenvalue weighted by molar-refractivity contribution is 0.0977. The monoisotopic (exact) mass is 497 g/mol. The molecule has 1 aromatic heterocycles. The van der Waals surface area contributed by atoms with Gasteiger partial charge in [-0.2, -0.15) is 4.39 Å². The molecule has 0 aliphatic carbocycles. The van der Waals surface area contributed by atoms with Crippen LogP contribution in [-0.4, -0.2) is 42.0 Å². The number of carbonyl (C=O) groups is 1. The quantitative estimate of drug-likeness (QED) is 0.424. The standard InChI is InChI=1S/C27H23ClF3N3O/c28-20-4-6-24-22(15-20)27(17-34(24)26(35)19-7-10-32-25(31)14-19)8-12-33(13-9-27)11-1-2-18-3-5-21(29)16-23(18)30/h1-7,10,14-16H,8-9,11-13,17H2. The number of hydrogen-bond donors (Lipinski definition) is 0. The summed E-state index contributed by atoms with van der Waals surface area (Å²) in [6.07, 6.45) is 6.46. The Morgan fingerprint density at radius 2 is 1.86 bits per heavy atom. The van der Waals surface area contributed by atoms with Crippen molar-refractivity contribution in [1.82, 2.24) is 9.88 Å². The molecule has 0 bridgehead atoms. The average Bonchev–Trinajstić information content (AvgIpc) is 3.14. The van der Waals surface area contributed by atoms with Crippen LogP contribution < -0.4 is 4.90 Å². The molecule has 1 saturated heterocycles. The Kier molecular flexibility index (Phi) is 6.38. The molecule has 1 spiro atoms. The van der Waals surface area contributed by atoms with Gasteiger partial charge in [0.2, 0.25) is 5.95 Å². The molecule has 0 radical (unpaired) electrons. The molecular formula is C27H23ClF3N3O. The number of benzene rings is 2. The molecule has 5 rings (SSSR count). The van der Waals surface area contributed by atoms with Crippen LogP contribution in [0.3, 0.4) is 0 Å². The fraction of sp³-hybridized carbons (Fsp3) is 0.259. The lowest BCUT2D eigenvalue weighted by atomic mass is 9.74. The molecule has 2 aromatic carbocycles. The number of hydrogen-bond acceptors (Lipinski definition) is 3. The lowest BCUT2D eigenvalue weighted by Gasteiger charge is -2.39. The zero-order valence-corrected chi connectivity index (χ0v) is 19.6. The number of amides is 1. The third kappa shape index (κ3) is 4.70. The topological polar surface area (TPSA) is 36.4 Å². The van der Waals surface area contributed by atoms with E-state index in [0.717, 1.165) is 49.3 Å². The molecule has 1 amide bonds. The summed E-state index contributed by atoms with van der Waals surface area (Å²) in [5, 5.41) is 0.610. The number of aromatic nitrogens is 1. The van der Waals surface area contributed by atoms with E-state index in [1.807, 2.05) is 18.2 Å². The van der Waals surface area contributed by atoms with Gasteiger partial charge in [0.05, 0.1) is 0 Å². The molecule has 180 valence electrons. The fourth-order valence-corrected chi connectivity index (χ4v) is 5.24. The van der Waals surface area contributed by atoms with E-state index < -0.39 is 17.6 Å². The van der Waals surface area contributed by atoms with Crippen molar-refractivity contribution in [1.29, 1.82) is 0 Å². The number of halogens is 4. The van der Waals surface area contributed by atoms with E-state index in [2.05, 4.69) is 9.88 Å². The van der Waals surface area contributed by atoms with Crippen LogP contribution in [0.2, 0.25) is 5.02 Å². The van der Waals surface area contributed by atoms with Crippen LogP contribution in [0.25, 0.3) is 6.08 Å². The second-order valence-electron chi connectivity index (χ2n) is 9.07. The predicted molar refractivity (Wildman–Crippen MR) is 130 cm³/mol. The van der Waals surface area contributed by atoms with Gasteiger partial charge in [0, 0.05) is 58.7 Å². The number of likely N-dealkylation sites (tertiary alicyclic amines) is 1. The van der Waals surface area contributed by atoms with Crippen LogP contribution in [0.1, 0.15) is 34.3 Å². The van der Waals surface area contributed by atoms with Gasteiger partial charge in [0.1, 0.15) is 11.6 Å². The molecule has 3 heterocycles. The highest BCUT2D eigenvalue weighted by molar-refractivity contribution is 6.30. The zero-order valence-electron chi connectivity index (χ0n) is 18.9. The largest absolute Gasteiger partial charge is 0.307 e. The van der Waals surface area contributed by atoms with Gasteiger partial charge in [-0.05, 0) is 67.9 Å². The maximum absolute atomic E-state index is 13.9. The molecule has 0 unspecified atom stereocenters. The number of carbonyl (C=O) groups excluding carboxylic acids is 1. The first-order valence-corrected chi connectivity index (χ1v) is 11.8. The molecule has 0 N–H and O–H groups in total. The first-order chi connectivity index (χ1) is 16.8. The Morgan fingerprint density at radius 1 is 1.06 bits per heavy atom. The minimum atomic E-state index is -0.692. The molecule has 35 heavy (non-hydrogen) atoms. The minimum Gasteiger partial charge on any atom is -0.307 e. The van der Waals surface area contributed by atoms with Gasteiger partial charge >= 0.3 is 0 Å². The summed E-state index contributed by atoms with van der Waals surface area (Å²) in [4.78, 5) is 20.8. The van der Waals surface area contributed by atoms with Crippen LogP contribution in [0, 0.1) is 17.6 Å². The Balaban J connectivity index is 1.31. The number of piperidine rings is 1. The van der Waals surface area contributed by atoms with E-state index in [4.69, 9.17) is 11.6 Å². The Labute approximate surface area is 206 Å². The van der Waals surface area contributed by atoms with Crippen molar-refractivity contribution in [3.8, 4) is 0 Å². The van der Waals surface area contributed by atoms with Crippen LogP contribution in [0.15, 0.2) is 60.8 Å². The van der Waals surface area contributed by atoms with Crippen molar-refractivity contribution in [3.63, 3.8) is 0 Å². The minimum absolute atomic E-state index is 0.245. The van der Waals surface area contributed by atoms with Gasteiger partial charge in [0.15, 0.2) is 0 Å². The van der Waals surface area contributed by atoms with Crippen LogP contribution in [-0.2, 0) is 5.41 Å². The van der Waals surface area contributed by atoms with Crippen molar-refractivity contribution >= 4 is 29.3 Å². The summed E-state index contributed by atoms with van der Waals surface area (Å²) in [6, 6.07) is 11.8. The van der Waals surface area contributed by atoms with Gasteiger partial charge in [-0.1, -0.05) is 23.8 Å². The van der Waals surface area contributed by atoms with E-state index >= 15 is 0 Å². The molecule has 8 heteroatoms. The third-order valence-corrected chi connectivity index (χ3v) is 7.17. The van der Waals surface area contributed by atoms with E-state index in [9.17, 15) is 18.0 Å². The van der Waals surface area contributed by atoms with Crippen LogP contribution in [0.4, 0.5) is 18.9 Å². The average molecular weight is 498 g/mol. The van der Waals surface area contributed by atoms with Crippen molar-refractivity contribution in [3.05, 3.63) is 100 Å². The predicted octanol–water partition coefficient (Wildman–Crippen LogP) is 5.86. The van der Waals surface area contributed by atoms with E-state index in [1.54, 1.807) is 17.0 Å². The van der Waals surface area contributed by atoms with Crippen molar-refractivity contribution < 1.29 is 18.0 Å². The number of rotatable bonds is 4. The summed E-state index contributed by atoms with van der Waals surface area (Å²) in [5.74, 6) is -2.14. The Bertz CT molecular complexity index is 1300. The maximum atomic E-state index is 13.9. The normalized spacial score (nSPS) is 17.3. The molecule has 0 saturated carbocycles. The molecule has 3 aromatic rings. The second kappa shape index (κ2) is 9.47. The van der Waals surface area contributed by atoms with E-state index in [1.165, 1.54) is 24.4 Å². The van der Waals surface area contributed by atoms with E-state index in [0.29, 0.717) is 23.7 Å². The highest BCUT2D eigenvalue weighted by atomic mass is 35.5. The number of fused-ring (bicyclic) bond motifs is 2. The summed E-state index contributed by atoms with van der Waals surface area (Å²) in [7, 11) is 0. The highest BCUT2D eigenvalue weighted by Crippen LogP contribution is 2.48. The molecule has 1 fully saturated rings. The molecule has 0 atom stereocenters. The fourth-order valence-electron chi connectivity index (χ4n) is 5.07. The molecule has 2 aliphatic rings. The first kappa shape index (κ1) is 23.6. The first-order valence-electron chi connectivity index (χ1n) is 11.4. The van der Waals surface area contributed by atoms with Gasteiger partial charge < -0.3 is 4.90 Å². The van der Waals surface area contributed by atoms with Crippen LogP contribution >= 0.6 is 11.6 Å².